The number of nitrogens with zero attached hydrogens (tertiary/aromatic N) is 1. The molecule has 1 aromatic heterocycles. The summed E-state index contributed by atoms with van der Waals surface area (Å²) in [5.41, 5.74) is 1.44. The Balaban J connectivity index is 2.38. The SMILES string of the molecule is COc1ccc(Cl)cc1-c1csc(CC(=O)O)n1. The molecule has 0 radical (unpaired) electrons. The average molecular weight is 284 g/mol. The number of benzene rings is 1. The van der Waals surface area contributed by atoms with Crippen molar-refractivity contribution in [1.29, 1.82) is 0 Å². The highest BCUT2D eigenvalue weighted by atomic mass is 35.5. The number of carboxylic acids is 1. The van der Waals surface area contributed by atoms with Gasteiger partial charge in [0.25, 0.3) is 0 Å². The minimum atomic E-state index is -0.894. The average Bonchev–Trinajstić information content (AvgIpc) is 2.76. The van der Waals surface area contributed by atoms with E-state index in [4.69, 9.17) is 21.4 Å². The number of aliphatic carboxylic acids is 1. The van der Waals surface area contributed by atoms with Crippen LogP contribution in [0.25, 0.3) is 11.3 Å². The quantitative estimate of drug-likeness (QED) is 0.937. The first-order valence-corrected chi connectivity index (χ1v) is 6.36. The largest absolute Gasteiger partial charge is 0.496 e. The van der Waals surface area contributed by atoms with Gasteiger partial charge in [0.2, 0.25) is 0 Å². The van der Waals surface area contributed by atoms with Crippen LogP contribution in [0, 0.1) is 0 Å². The van der Waals surface area contributed by atoms with Gasteiger partial charge in [-0.25, -0.2) is 4.98 Å². The fraction of sp³-hybridized carbons (Fsp3) is 0.167. The third kappa shape index (κ3) is 2.80. The first-order chi connectivity index (χ1) is 8.60. The summed E-state index contributed by atoms with van der Waals surface area (Å²) in [7, 11) is 1.57. The Morgan fingerprint density at radius 2 is 2.33 bits per heavy atom. The van der Waals surface area contributed by atoms with Crippen LogP contribution >= 0.6 is 22.9 Å². The lowest BCUT2D eigenvalue weighted by atomic mass is 10.1. The predicted molar refractivity (Wildman–Crippen MR) is 70.5 cm³/mol. The maximum atomic E-state index is 10.6. The maximum absolute atomic E-state index is 10.6. The molecule has 0 saturated carbocycles. The Hall–Kier alpha value is -1.59. The van der Waals surface area contributed by atoms with Crippen molar-refractivity contribution in [1.82, 2.24) is 4.98 Å². The van der Waals surface area contributed by atoms with E-state index in [9.17, 15) is 4.79 Å². The van der Waals surface area contributed by atoms with Gasteiger partial charge < -0.3 is 9.84 Å². The first kappa shape index (κ1) is 12.9. The van der Waals surface area contributed by atoms with Crippen LogP contribution in [0.2, 0.25) is 5.02 Å². The molecule has 0 aliphatic rings. The lowest BCUT2D eigenvalue weighted by Crippen LogP contribution is -1.99. The van der Waals surface area contributed by atoms with Crippen molar-refractivity contribution in [2.75, 3.05) is 7.11 Å². The molecular formula is C12H10ClNO3S. The third-order valence-corrected chi connectivity index (χ3v) is 3.38. The molecule has 0 spiro atoms. The van der Waals surface area contributed by atoms with Crippen molar-refractivity contribution in [3.63, 3.8) is 0 Å². The van der Waals surface area contributed by atoms with Crippen molar-refractivity contribution in [3.8, 4) is 17.0 Å². The van der Waals surface area contributed by atoms with E-state index in [0.29, 0.717) is 21.5 Å². The number of aromatic nitrogens is 1. The third-order valence-electron chi connectivity index (χ3n) is 2.29. The summed E-state index contributed by atoms with van der Waals surface area (Å²) in [6, 6.07) is 5.24. The lowest BCUT2D eigenvalue weighted by molar-refractivity contribution is -0.136. The molecule has 2 aromatic rings. The fourth-order valence-electron chi connectivity index (χ4n) is 1.53. The number of hydrogen-bond donors (Lipinski definition) is 1. The molecule has 94 valence electrons. The highest BCUT2D eigenvalue weighted by molar-refractivity contribution is 7.10. The van der Waals surface area contributed by atoms with Gasteiger partial charge in [-0.3, -0.25) is 4.79 Å². The predicted octanol–water partition coefficient (Wildman–Crippen LogP) is 3.10. The highest BCUT2D eigenvalue weighted by Crippen LogP contribution is 2.33. The van der Waals surface area contributed by atoms with Gasteiger partial charge >= 0.3 is 5.97 Å². The second-order valence-corrected chi connectivity index (χ2v) is 4.92. The number of methoxy groups -OCH3 is 1. The Bertz CT molecular complexity index is 582. The molecule has 1 aromatic carbocycles. The fourth-order valence-corrected chi connectivity index (χ4v) is 2.48. The van der Waals surface area contributed by atoms with Gasteiger partial charge in [0, 0.05) is 16.0 Å². The summed E-state index contributed by atoms with van der Waals surface area (Å²) in [6.07, 6.45) is -0.0758. The number of halogens is 1. The van der Waals surface area contributed by atoms with Crippen molar-refractivity contribution < 1.29 is 14.6 Å². The van der Waals surface area contributed by atoms with Crippen LogP contribution in [-0.4, -0.2) is 23.2 Å². The summed E-state index contributed by atoms with van der Waals surface area (Å²) in [4.78, 5) is 14.9. The molecule has 0 aliphatic carbocycles. The van der Waals surface area contributed by atoms with Gasteiger partial charge in [-0.1, -0.05) is 11.6 Å². The normalized spacial score (nSPS) is 10.3. The molecule has 4 nitrogen and oxygen atoms in total. The molecule has 1 N–H and O–H groups in total. The topological polar surface area (TPSA) is 59.4 Å². The van der Waals surface area contributed by atoms with Crippen LogP contribution < -0.4 is 4.74 Å². The maximum Gasteiger partial charge on any atom is 0.310 e. The second-order valence-electron chi connectivity index (χ2n) is 3.54. The number of hydrogen-bond acceptors (Lipinski definition) is 4. The van der Waals surface area contributed by atoms with Crippen molar-refractivity contribution in [2.45, 2.75) is 6.42 Å². The molecule has 0 amide bonds. The van der Waals surface area contributed by atoms with Crippen LogP contribution in [0.15, 0.2) is 23.6 Å². The van der Waals surface area contributed by atoms with Gasteiger partial charge in [-0.05, 0) is 18.2 Å². The molecule has 1 heterocycles. The summed E-state index contributed by atoms with van der Waals surface area (Å²) in [5.74, 6) is -0.236. The molecule has 2 rings (SSSR count). The van der Waals surface area contributed by atoms with E-state index in [1.54, 1.807) is 30.7 Å². The number of ether oxygens (including phenoxy) is 1. The van der Waals surface area contributed by atoms with E-state index in [1.807, 2.05) is 0 Å². The number of carbonyl (C=O) groups is 1. The van der Waals surface area contributed by atoms with Gasteiger partial charge in [0.05, 0.1) is 19.2 Å². The van der Waals surface area contributed by atoms with Gasteiger partial charge in [0.15, 0.2) is 0 Å². The van der Waals surface area contributed by atoms with Crippen molar-refractivity contribution in [3.05, 3.63) is 33.6 Å². The Kier molecular flexibility index (Phi) is 3.84. The van der Waals surface area contributed by atoms with E-state index >= 15 is 0 Å². The zero-order valence-electron chi connectivity index (χ0n) is 9.51. The molecule has 6 heteroatoms. The molecule has 0 fully saturated rings. The summed E-state index contributed by atoms with van der Waals surface area (Å²) < 4.78 is 5.23. The molecular weight excluding hydrogens is 274 g/mol. The summed E-state index contributed by atoms with van der Waals surface area (Å²) in [5, 5.41) is 11.6. The molecule has 0 atom stereocenters. The van der Waals surface area contributed by atoms with E-state index in [2.05, 4.69) is 4.98 Å². The summed E-state index contributed by atoms with van der Waals surface area (Å²) in [6.45, 7) is 0. The first-order valence-electron chi connectivity index (χ1n) is 5.10. The molecule has 18 heavy (non-hydrogen) atoms. The van der Waals surface area contributed by atoms with Crippen molar-refractivity contribution >= 4 is 28.9 Å². The molecule has 0 bridgehead atoms. The van der Waals surface area contributed by atoms with Gasteiger partial charge in [-0.2, -0.15) is 0 Å². The standard InChI is InChI=1S/C12H10ClNO3S/c1-17-10-3-2-7(13)4-8(10)9-6-18-11(14-9)5-12(15)16/h2-4,6H,5H2,1H3,(H,15,16). The van der Waals surface area contributed by atoms with E-state index in [-0.39, 0.29) is 6.42 Å². The number of thiazole rings is 1. The van der Waals surface area contributed by atoms with Crippen LogP contribution in [0.3, 0.4) is 0 Å². The minimum Gasteiger partial charge on any atom is -0.496 e. The van der Waals surface area contributed by atoms with E-state index < -0.39 is 5.97 Å². The Labute approximate surface area is 113 Å². The van der Waals surface area contributed by atoms with Gasteiger partial charge in [0.1, 0.15) is 10.8 Å². The van der Waals surface area contributed by atoms with E-state index in [1.165, 1.54) is 11.3 Å². The Morgan fingerprint density at radius 3 is 3.00 bits per heavy atom. The molecule has 0 aliphatic heterocycles. The van der Waals surface area contributed by atoms with Crippen LogP contribution in [0.1, 0.15) is 5.01 Å². The molecule has 0 saturated heterocycles. The Morgan fingerprint density at radius 1 is 1.56 bits per heavy atom. The van der Waals surface area contributed by atoms with E-state index in [0.717, 1.165) is 5.56 Å². The van der Waals surface area contributed by atoms with Crippen molar-refractivity contribution in [2.24, 2.45) is 0 Å². The minimum absolute atomic E-state index is 0.0758. The lowest BCUT2D eigenvalue weighted by Gasteiger charge is -2.06. The highest BCUT2D eigenvalue weighted by Gasteiger charge is 2.12. The van der Waals surface area contributed by atoms with Crippen LogP contribution in [0.4, 0.5) is 0 Å². The smallest absolute Gasteiger partial charge is 0.310 e. The monoisotopic (exact) mass is 283 g/mol. The second kappa shape index (κ2) is 5.37. The van der Waals surface area contributed by atoms with Crippen LogP contribution in [0.5, 0.6) is 5.75 Å². The molecule has 0 unspecified atom stereocenters. The number of carboxylic acid groups (broad SMARTS) is 1. The zero-order chi connectivity index (χ0) is 13.1. The van der Waals surface area contributed by atoms with Crippen LogP contribution in [-0.2, 0) is 11.2 Å². The summed E-state index contributed by atoms with van der Waals surface area (Å²) >= 11 is 7.25. The van der Waals surface area contributed by atoms with Gasteiger partial charge in [-0.15, -0.1) is 11.3 Å². The number of rotatable bonds is 4. The zero-order valence-corrected chi connectivity index (χ0v) is 11.1.